The predicted octanol–water partition coefficient (Wildman–Crippen LogP) is 5.16. The molecule has 1 heterocycles. The lowest BCUT2D eigenvalue weighted by molar-refractivity contribution is -0.137. The maximum Gasteiger partial charge on any atom is 0.416 e. The Balaban J connectivity index is 1.79. The number of para-hydroxylation sites is 2. The summed E-state index contributed by atoms with van der Waals surface area (Å²) in [6, 6.07) is 12.1. The van der Waals surface area contributed by atoms with Crippen LogP contribution in [0.4, 0.5) is 36.3 Å². The highest BCUT2D eigenvalue weighted by Crippen LogP contribution is 2.31. The molecule has 0 bridgehead atoms. The van der Waals surface area contributed by atoms with Crippen molar-refractivity contribution < 1.29 is 17.9 Å². The van der Waals surface area contributed by atoms with E-state index in [0.29, 0.717) is 17.3 Å². The monoisotopic (exact) mass is 389 g/mol. The average Bonchev–Trinajstić information content (AvgIpc) is 2.63. The highest BCUT2D eigenvalue weighted by atomic mass is 19.4. The largest absolute Gasteiger partial charge is 0.489 e. The predicted molar refractivity (Wildman–Crippen MR) is 100 cm³/mol. The number of benzene rings is 2. The number of hydrogen-bond donors (Lipinski definition) is 2. The van der Waals surface area contributed by atoms with Crippen LogP contribution in [0.5, 0.6) is 5.75 Å². The van der Waals surface area contributed by atoms with Gasteiger partial charge in [0.1, 0.15) is 5.75 Å². The molecular weight excluding hydrogens is 371 g/mol. The summed E-state index contributed by atoms with van der Waals surface area (Å²) in [4.78, 5) is 4.24. The molecule has 1 aromatic heterocycles. The highest BCUT2D eigenvalue weighted by molar-refractivity contribution is 5.64. The zero-order chi connectivity index (χ0) is 20.1. The van der Waals surface area contributed by atoms with Gasteiger partial charge in [-0.3, -0.25) is 0 Å². The van der Waals surface area contributed by atoms with Crippen molar-refractivity contribution in [2.75, 3.05) is 10.6 Å². The molecule has 0 aliphatic carbocycles. The Hall–Kier alpha value is -3.36. The number of nitrogens with one attached hydrogen (secondary N) is 2. The van der Waals surface area contributed by atoms with E-state index in [9.17, 15) is 13.2 Å². The van der Waals surface area contributed by atoms with Gasteiger partial charge in [0, 0.05) is 5.69 Å². The fraction of sp³-hybridized carbons (Fsp3) is 0.211. The van der Waals surface area contributed by atoms with Crippen LogP contribution in [0.1, 0.15) is 19.4 Å². The Kier molecular flexibility index (Phi) is 5.62. The first-order valence-electron chi connectivity index (χ1n) is 8.48. The smallest absolute Gasteiger partial charge is 0.416 e. The Bertz CT molecular complexity index is 947. The number of alkyl halides is 3. The van der Waals surface area contributed by atoms with Crippen LogP contribution < -0.4 is 15.4 Å². The first-order valence-corrected chi connectivity index (χ1v) is 8.48. The number of ether oxygens (including phenoxy) is 1. The normalized spacial score (nSPS) is 11.4. The summed E-state index contributed by atoms with van der Waals surface area (Å²) < 4.78 is 44.3. The third-order valence-corrected chi connectivity index (χ3v) is 3.52. The van der Waals surface area contributed by atoms with Crippen LogP contribution in [0, 0.1) is 0 Å². The number of nitrogens with zero attached hydrogens (tertiary/aromatic N) is 3. The van der Waals surface area contributed by atoms with Crippen molar-refractivity contribution in [3.63, 3.8) is 0 Å². The van der Waals surface area contributed by atoms with Crippen molar-refractivity contribution in [3.8, 4) is 5.75 Å². The maximum absolute atomic E-state index is 12.8. The lowest BCUT2D eigenvalue weighted by Crippen LogP contribution is -2.08. The summed E-state index contributed by atoms with van der Waals surface area (Å²) in [7, 11) is 0. The molecule has 6 nitrogen and oxygen atoms in total. The second-order valence-corrected chi connectivity index (χ2v) is 6.16. The van der Waals surface area contributed by atoms with Crippen LogP contribution in [0.3, 0.4) is 0 Å². The summed E-state index contributed by atoms with van der Waals surface area (Å²) in [5.41, 5.74) is 0.124. The van der Waals surface area contributed by atoms with E-state index in [4.69, 9.17) is 4.74 Å². The molecule has 9 heteroatoms. The Labute approximate surface area is 159 Å². The topological polar surface area (TPSA) is 72.0 Å². The van der Waals surface area contributed by atoms with E-state index in [1.807, 2.05) is 38.1 Å². The lowest BCUT2D eigenvalue weighted by atomic mass is 10.2. The van der Waals surface area contributed by atoms with E-state index in [2.05, 4.69) is 25.8 Å². The third kappa shape index (κ3) is 5.09. The van der Waals surface area contributed by atoms with Crippen LogP contribution in [0.15, 0.2) is 54.7 Å². The molecule has 2 aromatic carbocycles. The Morgan fingerprint density at radius 1 is 1.00 bits per heavy atom. The summed E-state index contributed by atoms with van der Waals surface area (Å²) in [6.07, 6.45) is -3.03. The summed E-state index contributed by atoms with van der Waals surface area (Å²) in [6.45, 7) is 3.83. The quantitative estimate of drug-likeness (QED) is 0.606. The molecule has 0 aliphatic heterocycles. The minimum atomic E-state index is -4.43. The van der Waals surface area contributed by atoms with E-state index in [-0.39, 0.29) is 17.7 Å². The zero-order valence-corrected chi connectivity index (χ0v) is 15.2. The number of aromatic nitrogens is 3. The van der Waals surface area contributed by atoms with Gasteiger partial charge in [0.2, 0.25) is 5.95 Å². The SMILES string of the molecule is CC(C)Oc1ccccc1Nc1cnnc(Nc2cccc(C(F)(F)F)c2)n1. The van der Waals surface area contributed by atoms with E-state index in [1.165, 1.54) is 18.3 Å². The summed E-state index contributed by atoms with van der Waals surface area (Å²) in [5.74, 6) is 1.07. The molecule has 0 atom stereocenters. The van der Waals surface area contributed by atoms with Crippen molar-refractivity contribution >= 4 is 23.1 Å². The van der Waals surface area contributed by atoms with Crippen molar-refractivity contribution in [2.24, 2.45) is 0 Å². The van der Waals surface area contributed by atoms with Gasteiger partial charge in [0.25, 0.3) is 0 Å². The molecule has 0 aliphatic rings. The second kappa shape index (κ2) is 8.12. The Morgan fingerprint density at radius 3 is 2.54 bits per heavy atom. The first-order chi connectivity index (χ1) is 13.3. The molecule has 0 fully saturated rings. The van der Waals surface area contributed by atoms with Gasteiger partial charge in [-0.05, 0) is 44.2 Å². The molecule has 0 unspecified atom stereocenters. The van der Waals surface area contributed by atoms with Crippen LogP contribution in [0.2, 0.25) is 0 Å². The number of anilines is 4. The molecule has 0 saturated heterocycles. The van der Waals surface area contributed by atoms with Gasteiger partial charge >= 0.3 is 6.18 Å². The zero-order valence-electron chi connectivity index (χ0n) is 15.2. The summed E-state index contributed by atoms with van der Waals surface area (Å²) in [5, 5.41) is 13.5. The van der Waals surface area contributed by atoms with Crippen LogP contribution in [-0.4, -0.2) is 21.3 Å². The molecule has 0 spiro atoms. The van der Waals surface area contributed by atoms with Crippen LogP contribution >= 0.6 is 0 Å². The number of rotatable bonds is 6. The fourth-order valence-corrected chi connectivity index (χ4v) is 2.38. The molecule has 28 heavy (non-hydrogen) atoms. The molecule has 2 N–H and O–H groups in total. The molecule has 3 rings (SSSR count). The van der Waals surface area contributed by atoms with E-state index in [0.717, 1.165) is 12.1 Å². The second-order valence-electron chi connectivity index (χ2n) is 6.16. The fourth-order valence-electron chi connectivity index (χ4n) is 2.38. The summed E-state index contributed by atoms with van der Waals surface area (Å²) >= 11 is 0. The maximum atomic E-state index is 12.8. The van der Waals surface area contributed by atoms with Crippen molar-refractivity contribution in [1.82, 2.24) is 15.2 Å². The Morgan fingerprint density at radius 2 is 1.79 bits per heavy atom. The highest BCUT2D eigenvalue weighted by Gasteiger charge is 2.30. The van der Waals surface area contributed by atoms with Gasteiger partial charge in [-0.2, -0.15) is 23.3 Å². The van der Waals surface area contributed by atoms with Crippen molar-refractivity contribution in [3.05, 3.63) is 60.3 Å². The average molecular weight is 389 g/mol. The van der Waals surface area contributed by atoms with Gasteiger partial charge in [-0.25, -0.2) is 0 Å². The molecular formula is C19H18F3N5O. The lowest BCUT2D eigenvalue weighted by Gasteiger charge is -2.15. The molecule has 0 saturated carbocycles. The minimum absolute atomic E-state index is 0.00962. The molecule has 0 amide bonds. The van der Waals surface area contributed by atoms with Gasteiger partial charge < -0.3 is 15.4 Å². The third-order valence-electron chi connectivity index (χ3n) is 3.52. The van der Waals surface area contributed by atoms with E-state index in [1.54, 1.807) is 0 Å². The van der Waals surface area contributed by atoms with Crippen LogP contribution in [-0.2, 0) is 6.18 Å². The first kappa shape index (κ1) is 19.4. The van der Waals surface area contributed by atoms with Gasteiger partial charge in [0.05, 0.1) is 23.6 Å². The molecule has 3 aromatic rings. The van der Waals surface area contributed by atoms with Crippen molar-refractivity contribution in [1.29, 1.82) is 0 Å². The van der Waals surface area contributed by atoms with E-state index < -0.39 is 11.7 Å². The molecule has 0 radical (unpaired) electrons. The molecule has 146 valence electrons. The standard InChI is InChI=1S/C19H18F3N5O/c1-12(2)28-16-9-4-3-8-15(16)25-17-11-23-27-18(26-17)24-14-7-5-6-13(10-14)19(20,21)22/h3-12H,1-2H3,(H2,24,25,26,27). The van der Waals surface area contributed by atoms with E-state index >= 15 is 0 Å². The van der Waals surface area contributed by atoms with Gasteiger partial charge in [-0.1, -0.05) is 18.2 Å². The van der Waals surface area contributed by atoms with Gasteiger partial charge in [0.15, 0.2) is 5.82 Å². The number of halogens is 3. The van der Waals surface area contributed by atoms with Crippen LogP contribution in [0.25, 0.3) is 0 Å². The van der Waals surface area contributed by atoms with Gasteiger partial charge in [-0.15, -0.1) is 5.10 Å². The minimum Gasteiger partial charge on any atom is -0.489 e. The van der Waals surface area contributed by atoms with Crippen molar-refractivity contribution in [2.45, 2.75) is 26.1 Å². The number of hydrogen-bond acceptors (Lipinski definition) is 6.